The number of ether oxygens (including phenoxy) is 1. The van der Waals surface area contributed by atoms with Gasteiger partial charge in [0.2, 0.25) is 0 Å². The average Bonchev–Trinajstić information content (AvgIpc) is 2.47. The Morgan fingerprint density at radius 3 is 2.64 bits per heavy atom. The maximum absolute atomic E-state index is 12.1. The molecule has 2 aromatic carbocycles. The van der Waals surface area contributed by atoms with Gasteiger partial charge in [-0.25, -0.2) is 4.79 Å². The van der Waals surface area contributed by atoms with Gasteiger partial charge in [-0.05, 0) is 37.1 Å². The third-order valence-electron chi connectivity index (χ3n) is 3.24. The second-order valence-corrected chi connectivity index (χ2v) is 5.36. The third-order valence-corrected chi connectivity index (χ3v) is 3.47. The van der Waals surface area contributed by atoms with Crippen LogP contribution in [-0.4, -0.2) is 10.9 Å². The molecule has 0 aliphatic rings. The molecule has 0 unspecified atom stereocenters. The van der Waals surface area contributed by atoms with E-state index in [4.69, 9.17) is 16.3 Å². The van der Waals surface area contributed by atoms with E-state index in [2.05, 4.69) is 0 Å². The highest BCUT2D eigenvalue weighted by atomic mass is 35.5. The fraction of sp³-hybridized carbons (Fsp3) is 0.188. The van der Waals surface area contributed by atoms with Gasteiger partial charge in [0, 0.05) is 11.1 Å². The van der Waals surface area contributed by atoms with E-state index in [1.54, 1.807) is 0 Å². The van der Waals surface area contributed by atoms with E-state index in [0.717, 1.165) is 22.8 Å². The second kappa shape index (κ2) is 6.58. The number of esters is 1. The Kier molecular flexibility index (Phi) is 4.78. The van der Waals surface area contributed by atoms with Crippen LogP contribution in [0.5, 0.6) is 0 Å². The highest BCUT2D eigenvalue weighted by molar-refractivity contribution is 6.31. The van der Waals surface area contributed by atoms with Crippen LogP contribution in [0.1, 0.15) is 27.0 Å². The first-order valence-corrected chi connectivity index (χ1v) is 6.93. The van der Waals surface area contributed by atoms with E-state index in [-0.39, 0.29) is 22.9 Å². The number of hydrogen-bond acceptors (Lipinski definition) is 4. The van der Waals surface area contributed by atoms with Gasteiger partial charge in [0.05, 0.1) is 4.92 Å². The van der Waals surface area contributed by atoms with Crippen molar-refractivity contribution in [2.45, 2.75) is 20.5 Å². The van der Waals surface area contributed by atoms with Crippen LogP contribution in [0.3, 0.4) is 0 Å². The largest absolute Gasteiger partial charge is 0.457 e. The molecule has 22 heavy (non-hydrogen) atoms. The number of nitro benzene ring substituents is 1. The number of aryl methyl sites for hydroxylation is 2. The molecule has 2 aromatic rings. The minimum Gasteiger partial charge on any atom is -0.457 e. The summed E-state index contributed by atoms with van der Waals surface area (Å²) in [5, 5.41) is 11.2. The van der Waals surface area contributed by atoms with Gasteiger partial charge in [0.1, 0.15) is 12.2 Å². The van der Waals surface area contributed by atoms with Crippen molar-refractivity contribution in [3.63, 3.8) is 0 Å². The van der Waals surface area contributed by atoms with E-state index in [1.807, 2.05) is 32.0 Å². The highest BCUT2D eigenvalue weighted by Crippen LogP contribution is 2.24. The molecule has 0 atom stereocenters. The van der Waals surface area contributed by atoms with Crippen LogP contribution < -0.4 is 0 Å². The number of benzene rings is 2. The van der Waals surface area contributed by atoms with Gasteiger partial charge in [0.15, 0.2) is 0 Å². The Hall–Kier alpha value is -2.40. The summed E-state index contributed by atoms with van der Waals surface area (Å²) in [7, 11) is 0. The van der Waals surface area contributed by atoms with Crippen molar-refractivity contribution < 1.29 is 14.5 Å². The molecule has 0 amide bonds. The summed E-state index contributed by atoms with van der Waals surface area (Å²) in [4.78, 5) is 22.4. The molecule has 0 heterocycles. The molecule has 0 aromatic heterocycles. The summed E-state index contributed by atoms with van der Waals surface area (Å²) in [5.41, 5.74) is 2.43. The Morgan fingerprint density at radius 2 is 1.95 bits per heavy atom. The normalized spacial score (nSPS) is 10.3. The lowest BCUT2D eigenvalue weighted by atomic mass is 10.1. The Balaban J connectivity index is 2.19. The Morgan fingerprint density at radius 1 is 1.23 bits per heavy atom. The molecule has 0 saturated heterocycles. The zero-order valence-electron chi connectivity index (χ0n) is 12.1. The molecule has 2 rings (SSSR count). The number of rotatable bonds is 4. The van der Waals surface area contributed by atoms with Crippen LogP contribution in [-0.2, 0) is 11.3 Å². The summed E-state index contributed by atoms with van der Waals surface area (Å²) in [6.45, 7) is 3.91. The lowest BCUT2D eigenvalue weighted by Crippen LogP contribution is -2.09. The van der Waals surface area contributed by atoms with Gasteiger partial charge in [-0.15, -0.1) is 0 Å². The first-order chi connectivity index (χ1) is 10.4. The molecule has 0 aliphatic heterocycles. The SMILES string of the molecule is Cc1ccc(C)c(COC(=O)c2ccc(Cl)cc2[N+](=O)[O-])c1. The van der Waals surface area contributed by atoms with Crippen molar-refractivity contribution in [1.29, 1.82) is 0 Å². The van der Waals surface area contributed by atoms with E-state index < -0.39 is 10.9 Å². The van der Waals surface area contributed by atoms with E-state index >= 15 is 0 Å². The Bertz CT molecular complexity index is 743. The van der Waals surface area contributed by atoms with Gasteiger partial charge < -0.3 is 4.74 Å². The van der Waals surface area contributed by atoms with Gasteiger partial charge in [0.25, 0.3) is 5.69 Å². The van der Waals surface area contributed by atoms with E-state index in [9.17, 15) is 14.9 Å². The quantitative estimate of drug-likeness (QED) is 0.480. The van der Waals surface area contributed by atoms with Gasteiger partial charge in [-0.3, -0.25) is 10.1 Å². The first-order valence-electron chi connectivity index (χ1n) is 6.55. The first kappa shape index (κ1) is 16.0. The number of carbonyl (C=O) groups excluding carboxylic acids is 1. The summed E-state index contributed by atoms with van der Waals surface area (Å²) in [6.07, 6.45) is 0. The van der Waals surface area contributed by atoms with Crippen molar-refractivity contribution in [2.75, 3.05) is 0 Å². The molecular weight excluding hydrogens is 306 g/mol. The summed E-state index contributed by atoms with van der Waals surface area (Å²) in [6, 6.07) is 9.66. The molecule has 0 radical (unpaired) electrons. The van der Waals surface area contributed by atoms with E-state index in [0.29, 0.717) is 0 Å². The lowest BCUT2D eigenvalue weighted by molar-refractivity contribution is -0.385. The zero-order valence-corrected chi connectivity index (χ0v) is 12.9. The average molecular weight is 320 g/mol. The maximum Gasteiger partial charge on any atom is 0.345 e. The van der Waals surface area contributed by atoms with E-state index in [1.165, 1.54) is 12.1 Å². The number of carbonyl (C=O) groups is 1. The molecule has 0 fully saturated rings. The number of halogens is 1. The van der Waals surface area contributed by atoms with Crippen LogP contribution >= 0.6 is 11.6 Å². The molecule has 0 aliphatic carbocycles. The molecule has 5 nitrogen and oxygen atoms in total. The summed E-state index contributed by atoms with van der Waals surface area (Å²) >= 11 is 5.72. The molecule has 6 heteroatoms. The van der Waals surface area contributed by atoms with Gasteiger partial charge in [-0.2, -0.15) is 0 Å². The van der Waals surface area contributed by atoms with Crippen LogP contribution in [0.15, 0.2) is 36.4 Å². The van der Waals surface area contributed by atoms with Crippen molar-refractivity contribution in [3.05, 3.63) is 73.8 Å². The molecule has 114 valence electrons. The summed E-state index contributed by atoms with van der Waals surface area (Å²) < 4.78 is 5.19. The van der Waals surface area contributed by atoms with Crippen molar-refractivity contribution in [1.82, 2.24) is 0 Å². The number of nitro groups is 1. The monoisotopic (exact) mass is 319 g/mol. The third kappa shape index (κ3) is 3.62. The highest BCUT2D eigenvalue weighted by Gasteiger charge is 2.22. The molecule has 0 N–H and O–H groups in total. The van der Waals surface area contributed by atoms with Gasteiger partial charge in [-0.1, -0.05) is 35.4 Å². The van der Waals surface area contributed by atoms with Crippen molar-refractivity contribution >= 4 is 23.3 Å². The fourth-order valence-electron chi connectivity index (χ4n) is 2.01. The topological polar surface area (TPSA) is 69.4 Å². The predicted octanol–water partition coefficient (Wildman–Crippen LogP) is 4.22. The number of hydrogen-bond donors (Lipinski definition) is 0. The molecule has 0 saturated carbocycles. The van der Waals surface area contributed by atoms with Gasteiger partial charge >= 0.3 is 5.97 Å². The standard InChI is InChI=1S/C16H14ClNO4/c1-10-3-4-11(2)12(7-10)9-22-16(19)14-6-5-13(17)8-15(14)18(20)21/h3-8H,9H2,1-2H3. The van der Waals surface area contributed by atoms with Crippen molar-refractivity contribution in [3.8, 4) is 0 Å². The summed E-state index contributed by atoms with van der Waals surface area (Å²) in [5.74, 6) is -0.746. The Labute approximate surface area is 132 Å². The maximum atomic E-state index is 12.1. The minimum atomic E-state index is -0.746. The minimum absolute atomic E-state index is 0.0616. The lowest BCUT2D eigenvalue weighted by Gasteiger charge is -2.09. The molecule has 0 spiro atoms. The zero-order chi connectivity index (χ0) is 16.3. The fourth-order valence-corrected chi connectivity index (χ4v) is 2.17. The number of nitrogens with zero attached hydrogens (tertiary/aromatic N) is 1. The second-order valence-electron chi connectivity index (χ2n) is 4.92. The predicted molar refractivity (Wildman–Crippen MR) is 83.1 cm³/mol. The van der Waals surface area contributed by atoms with Crippen LogP contribution in [0, 0.1) is 24.0 Å². The van der Waals surface area contributed by atoms with Crippen molar-refractivity contribution in [2.24, 2.45) is 0 Å². The smallest absolute Gasteiger partial charge is 0.345 e. The molecular formula is C16H14ClNO4. The van der Waals surface area contributed by atoms with Crippen LogP contribution in [0.2, 0.25) is 5.02 Å². The van der Waals surface area contributed by atoms with Crippen LogP contribution in [0.4, 0.5) is 5.69 Å². The molecule has 0 bridgehead atoms. The van der Waals surface area contributed by atoms with Crippen LogP contribution in [0.25, 0.3) is 0 Å².